The van der Waals surface area contributed by atoms with Gasteiger partial charge in [0.2, 0.25) is 15.9 Å². The van der Waals surface area contributed by atoms with Crippen LogP contribution in [0.3, 0.4) is 0 Å². The van der Waals surface area contributed by atoms with Crippen LogP contribution < -0.4 is 5.32 Å². The second kappa shape index (κ2) is 9.40. The first-order chi connectivity index (χ1) is 14.3. The number of anilines is 1. The summed E-state index contributed by atoms with van der Waals surface area (Å²) in [5.74, 6) is -1.17. The number of hydrogen-bond acceptors (Lipinski definition) is 5. The largest absolute Gasteiger partial charge is 0.462 e. The highest BCUT2D eigenvalue weighted by molar-refractivity contribution is 7.89. The lowest BCUT2D eigenvalue weighted by atomic mass is 9.98. The molecule has 1 aliphatic heterocycles. The maximum atomic E-state index is 12.9. The Labute approximate surface area is 177 Å². The average Bonchev–Trinajstić information content (AvgIpc) is 2.76. The molecule has 160 valence electrons. The molecule has 1 saturated heterocycles. The fourth-order valence-electron chi connectivity index (χ4n) is 3.55. The number of esters is 1. The van der Waals surface area contributed by atoms with Crippen LogP contribution in [0.2, 0.25) is 0 Å². The van der Waals surface area contributed by atoms with Crippen molar-refractivity contribution in [3.05, 3.63) is 59.7 Å². The molecule has 1 fully saturated rings. The van der Waals surface area contributed by atoms with Crippen molar-refractivity contribution in [2.45, 2.75) is 31.6 Å². The minimum Gasteiger partial charge on any atom is -0.462 e. The van der Waals surface area contributed by atoms with Crippen LogP contribution in [-0.4, -0.2) is 44.3 Å². The summed E-state index contributed by atoms with van der Waals surface area (Å²) in [7, 11) is -3.64. The highest BCUT2D eigenvalue weighted by atomic mass is 32.2. The van der Waals surface area contributed by atoms with Crippen LogP contribution in [0.15, 0.2) is 53.4 Å². The lowest BCUT2D eigenvalue weighted by Gasteiger charge is -2.31. The SMILES string of the molecule is CCOC(=O)c1cccc(NC(=O)[C@@H]2CCCN(S(=O)(=O)c3ccccc3)C2)c1C. The van der Waals surface area contributed by atoms with Gasteiger partial charge in [-0.05, 0) is 56.5 Å². The van der Waals surface area contributed by atoms with Gasteiger partial charge < -0.3 is 10.1 Å². The third kappa shape index (κ3) is 4.71. The first kappa shape index (κ1) is 22.0. The van der Waals surface area contributed by atoms with E-state index in [2.05, 4.69) is 5.32 Å². The molecule has 1 aliphatic rings. The molecule has 0 bridgehead atoms. The van der Waals surface area contributed by atoms with Crippen LogP contribution in [-0.2, 0) is 19.6 Å². The molecule has 0 aromatic heterocycles. The number of nitrogens with zero attached hydrogens (tertiary/aromatic N) is 1. The van der Waals surface area contributed by atoms with Gasteiger partial charge in [-0.15, -0.1) is 0 Å². The summed E-state index contributed by atoms with van der Waals surface area (Å²) in [5, 5.41) is 2.86. The van der Waals surface area contributed by atoms with E-state index in [0.717, 1.165) is 0 Å². The molecule has 0 aliphatic carbocycles. The number of hydrogen-bond donors (Lipinski definition) is 1. The molecule has 7 nitrogen and oxygen atoms in total. The van der Waals surface area contributed by atoms with Crippen molar-refractivity contribution < 1.29 is 22.7 Å². The van der Waals surface area contributed by atoms with Crippen molar-refractivity contribution in [2.24, 2.45) is 5.92 Å². The van der Waals surface area contributed by atoms with E-state index in [4.69, 9.17) is 4.74 Å². The molecule has 8 heteroatoms. The molecule has 1 N–H and O–H groups in total. The van der Waals surface area contributed by atoms with Crippen LogP contribution in [0.4, 0.5) is 5.69 Å². The van der Waals surface area contributed by atoms with E-state index in [1.54, 1.807) is 62.4 Å². The molecule has 30 heavy (non-hydrogen) atoms. The number of carbonyl (C=O) groups is 2. The Morgan fingerprint density at radius 1 is 1.13 bits per heavy atom. The topological polar surface area (TPSA) is 92.8 Å². The number of piperidine rings is 1. The Bertz CT molecular complexity index is 1020. The van der Waals surface area contributed by atoms with E-state index in [-0.39, 0.29) is 24.0 Å². The van der Waals surface area contributed by atoms with Crippen LogP contribution in [0.5, 0.6) is 0 Å². The van der Waals surface area contributed by atoms with Gasteiger partial charge in [-0.25, -0.2) is 13.2 Å². The van der Waals surface area contributed by atoms with Gasteiger partial charge in [0.05, 0.1) is 23.0 Å². The lowest BCUT2D eigenvalue weighted by molar-refractivity contribution is -0.120. The number of benzene rings is 2. The Kier molecular flexibility index (Phi) is 6.89. The normalized spacial score (nSPS) is 17.3. The average molecular weight is 431 g/mol. The zero-order chi connectivity index (χ0) is 21.7. The van der Waals surface area contributed by atoms with Crippen LogP contribution in [0.1, 0.15) is 35.7 Å². The molecule has 1 atom stereocenters. The summed E-state index contributed by atoms with van der Waals surface area (Å²) in [6.45, 7) is 4.26. The van der Waals surface area contributed by atoms with E-state index in [1.807, 2.05) is 0 Å². The van der Waals surface area contributed by atoms with Crippen molar-refractivity contribution in [3.8, 4) is 0 Å². The Hall–Kier alpha value is -2.71. The zero-order valence-corrected chi connectivity index (χ0v) is 17.9. The number of ether oxygens (including phenoxy) is 1. The highest BCUT2D eigenvalue weighted by Gasteiger charge is 2.33. The van der Waals surface area contributed by atoms with Gasteiger partial charge >= 0.3 is 5.97 Å². The maximum absolute atomic E-state index is 12.9. The predicted octanol–water partition coefficient (Wildman–Crippen LogP) is 3.21. The molecule has 1 amide bonds. The number of amides is 1. The summed E-state index contributed by atoms with van der Waals surface area (Å²) in [6, 6.07) is 13.3. The number of sulfonamides is 1. The highest BCUT2D eigenvalue weighted by Crippen LogP contribution is 2.26. The van der Waals surface area contributed by atoms with E-state index in [0.29, 0.717) is 36.2 Å². The summed E-state index contributed by atoms with van der Waals surface area (Å²) < 4.78 is 32.2. The van der Waals surface area contributed by atoms with E-state index < -0.39 is 21.9 Å². The molecule has 3 rings (SSSR count). The minimum absolute atomic E-state index is 0.125. The van der Waals surface area contributed by atoms with Gasteiger partial charge in [0, 0.05) is 18.8 Å². The third-order valence-corrected chi connectivity index (χ3v) is 7.10. The van der Waals surface area contributed by atoms with Crippen LogP contribution in [0, 0.1) is 12.8 Å². The van der Waals surface area contributed by atoms with Gasteiger partial charge in [-0.3, -0.25) is 4.79 Å². The number of nitrogens with one attached hydrogen (secondary N) is 1. The summed E-state index contributed by atoms with van der Waals surface area (Å²) in [5.41, 5.74) is 1.54. The number of carbonyl (C=O) groups excluding carboxylic acids is 2. The first-order valence-electron chi connectivity index (χ1n) is 9.97. The zero-order valence-electron chi connectivity index (χ0n) is 17.1. The molecular formula is C22H26N2O5S. The summed E-state index contributed by atoms with van der Waals surface area (Å²) >= 11 is 0. The quantitative estimate of drug-likeness (QED) is 0.711. The van der Waals surface area contributed by atoms with Gasteiger partial charge in [-0.1, -0.05) is 24.3 Å². The Morgan fingerprint density at radius 2 is 1.87 bits per heavy atom. The summed E-state index contributed by atoms with van der Waals surface area (Å²) in [6.07, 6.45) is 1.20. The molecule has 0 spiro atoms. The minimum atomic E-state index is -3.64. The maximum Gasteiger partial charge on any atom is 0.338 e. The number of rotatable bonds is 6. The van der Waals surface area contributed by atoms with Crippen molar-refractivity contribution in [3.63, 3.8) is 0 Å². The first-order valence-corrected chi connectivity index (χ1v) is 11.4. The van der Waals surface area contributed by atoms with Gasteiger partial charge in [0.15, 0.2) is 0 Å². The Morgan fingerprint density at radius 3 is 2.57 bits per heavy atom. The van der Waals surface area contributed by atoms with Crippen LogP contribution in [0.25, 0.3) is 0 Å². The molecule has 2 aromatic rings. The second-order valence-electron chi connectivity index (χ2n) is 7.20. The van der Waals surface area contributed by atoms with Crippen molar-refractivity contribution in [1.82, 2.24) is 4.31 Å². The molecule has 2 aromatic carbocycles. The standard InChI is InChI=1S/C22H26N2O5S/c1-3-29-22(26)19-12-7-13-20(16(19)2)23-21(25)17-9-8-14-24(15-17)30(27,28)18-10-5-4-6-11-18/h4-7,10-13,17H,3,8-9,14-15H2,1-2H3,(H,23,25)/t17-/m1/s1. The fraction of sp³-hybridized carbons (Fsp3) is 0.364. The molecular weight excluding hydrogens is 404 g/mol. The van der Waals surface area contributed by atoms with Crippen molar-refractivity contribution in [2.75, 3.05) is 25.0 Å². The molecule has 0 radical (unpaired) electrons. The smallest absolute Gasteiger partial charge is 0.338 e. The van der Waals surface area contributed by atoms with E-state index in [1.165, 1.54) is 4.31 Å². The fourth-order valence-corrected chi connectivity index (χ4v) is 5.10. The van der Waals surface area contributed by atoms with Gasteiger partial charge in [0.1, 0.15) is 0 Å². The van der Waals surface area contributed by atoms with Crippen molar-refractivity contribution >= 4 is 27.6 Å². The van der Waals surface area contributed by atoms with Gasteiger partial charge in [0.25, 0.3) is 0 Å². The lowest BCUT2D eigenvalue weighted by Crippen LogP contribution is -2.43. The molecule has 0 saturated carbocycles. The predicted molar refractivity (Wildman–Crippen MR) is 114 cm³/mol. The second-order valence-corrected chi connectivity index (χ2v) is 9.14. The Balaban J connectivity index is 1.74. The monoisotopic (exact) mass is 430 g/mol. The van der Waals surface area contributed by atoms with E-state index >= 15 is 0 Å². The summed E-state index contributed by atoms with van der Waals surface area (Å²) in [4.78, 5) is 25.2. The molecule has 1 heterocycles. The third-order valence-electron chi connectivity index (χ3n) is 5.22. The van der Waals surface area contributed by atoms with Crippen molar-refractivity contribution in [1.29, 1.82) is 0 Å². The van der Waals surface area contributed by atoms with Gasteiger partial charge in [-0.2, -0.15) is 4.31 Å². The molecule has 0 unspecified atom stereocenters. The van der Waals surface area contributed by atoms with Crippen LogP contribution >= 0.6 is 0 Å². The van der Waals surface area contributed by atoms with E-state index in [9.17, 15) is 18.0 Å².